The molecule has 0 fully saturated rings. The second-order valence-corrected chi connectivity index (χ2v) is 6.09. The fourth-order valence-electron chi connectivity index (χ4n) is 1.97. The second-order valence-electron chi connectivity index (χ2n) is 4.44. The number of methoxy groups -OCH3 is 2. The first-order chi connectivity index (χ1) is 11.0. The number of carbonyl (C=O) groups excluding carboxylic acids is 1. The molecular weight excluding hydrogens is 320 g/mol. The monoisotopic (exact) mass is 336 g/mol. The lowest BCUT2D eigenvalue weighted by Gasteiger charge is -2.15. The number of nitrogens with one attached hydrogen (secondary N) is 2. The summed E-state index contributed by atoms with van der Waals surface area (Å²) in [5, 5.41) is 2.43. The Morgan fingerprint density at radius 3 is 2.22 bits per heavy atom. The maximum Gasteiger partial charge on any atom is 0.265 e. The lowest BCUT2D eigenvalue weighted by Crippen LogP contribution is -2.14. The van der Waals surface area contributed by atoms with E-state index in [-0.39, 0.29) is 16.4 Å². The largest absolute Gasteiger partial charge is 0.495 e. The van der Waals surface area contributed by atoms with E-state index in [1.54, 1.807) is 30.3 Å². The van der Waals surface area contributed by atoms with E-state index in [4.69, 9.17) is 9.47 Å². The highest BCUT2D eigenvalue weighted by molar-refractivity contribution is 7.92. The SMILES string of the molecule is COc1cc(S(=O)(=O)Nc2ccccc2)c(OC)cc1NC=O. The van der Waals surface area contributed by atoms with Gasteiger partial charge in [0.2, 0.25) is 6.41 Å². The molecule has 2 aromatic carbocycles. The van der Waals surface area contributed by atoms with Crippen molar-refractivity contribution in [3.63, 3.8) is 0 Å². The van der Waals surface area contributed by atoms with Crippen molar-refractivity contribution in [2.75, 3.05) is 24.3 Å². The molecule has 0 aliphatic heterocycles. The van der Waals surface area contributed by atoms with Crippen LogP contribution in [0.2, 0.25) is 0 Å². The summed E-state index contributed by atoms with van der Waals surface area (Å²) in [5.74, 6) is 0.282. The number of hydrogen-bond donors (Lipinski definition) is 2. The molecule has 0 aliphatic carbocycles. The van der Waals surface area contributed by atoms with Crippen LogP contribution in [0.3, 0.4) is 0 Å². The fraction of sp³-hybridized carbons (Fsp3) is 0.133. The number of hydrogen-bond acceptors (Lipinski definition) is 5. The Labute approximate surface area is 134 Å². The van der Waals surface area contributed by atoms with Crippen molar-refractivity contribution in [1.29, 1.82) is 0 Å². The quantitative estimate of drug-likeness (QED) is 0.755. The minimum atomic E-state index is -3.89. The van der Waals surface area contributed by atoms with Gasteiger partial charge in [-0.15, -0.1) is 0 Å². The molecule has 122 valence electrons. The van der Waals surface area contributed by atoms with Crippen LogP contribution in [0.5, 0.6) is 11.5 Å². The second kappa shape index (κ2) is 7.01. The molecule has 2 rings (SSSR count). The van der Waals surface area contributed by atoms with Crippen LogP contribution in [-0.4, -0.2) is 29.0 Å². The molecule has 8 heteroatoms. The van der Waals surface area contributed by atoms with E-state index in [2.05, 4.69) is 10.0 Å². The van der Waals surface area contributed by atoms with Gasteiger partial charge in [0.25, 0.3) is 10.0 Å². The average molecular weight is 336 g/mol. The van der Waals surface area contributed by atoms with Crippen molar-refractivity contribution in [3.8, 4) is 11.5 Å². The zero-order chi connectivity index (χ0) is 16.9. The Morgan fingerprint density at radius 1 is 1.00 bits per heavy atom. The molecule has 0 radical (unpaired) electrons. The van der Waals surface area contributed by atoms with Crippen molar-refractivity contribution >= 4 is 27.8 Å². The molecule has 0 atom stereocenters. The summed E-state index contributed by atoms with van der Waals surface area (Å²) in [6.07, 6.45) is 0.466. The van der Waals surface area contributed by atoms with Crippen LogP contribution < -0.4 is 19.5 Å². The van der Waals surface area contributed by atoms with Crippen molar-refractivity contribution in [3.05, 3.63) is 42.5 Å². The van der Waals surface area contributed by atoms with Gasteiger partial charge in [0.05, 0.1) is 19.9 Å². The number of benzene rings is 2. The molecule has 0 heterocycles. The van der Waals surface area contributed by atoms with Gasteiger partial charge in [-0.2, -0.15) is 0 Å². The van der Waals surface area contributed by atoms with Crippen LogP contribution in [-0.2, 0) is 14.8 Å². The standard InChI is InChI=1S/C15H16N2O5S/c1-21-13-9-15(14(22-2)8-12(13)16-10-18)23(19,20)17-11-6-4-3-5-7-11/h3-10,17H,1-2H3,(H,16,18). The lowest BCUT2D eigenvalue weighted by atomic mass is 10.2. The van der Waals surface area contributed by atoms with E-state index in [9.17, 15) is 13.2 Å². The Bertz CT molecular complexity index is 791. The molecule has 0 unspecified atom stereocenters. The summed E-state index contributed by atoms with van der Waals surface area (Å²) < 4.78 is 37.9. The molecule has 7 nitrogen and oxygen atoms in total. The predicted octanol–water partition coefficient (Wildman–Crippen LogP) is 2.07. The van der Waals surface area contributed by atoms with Crippen molar-refractivity contribution in [1.82, 2.24) is 0 Å². The average Bonchev–Trinajstić information content (AvgIpc) is 2.55. The molecule has 0 aromatic heterocycles. The normalized spacial score (nSPS) is 10.7. The summed E-state index contributed by atoms with van der Waals surface area (Å²) in [5.41, 5.74) is 0.724. The minimum absolute atomic E-state index is 0.0820. The van der Waals surface area contributed by atoms with E-state index >= 15 is 0 Å². The van der Waals surface area contributed by atoms with Gasteiger partial charge in [0, 0.05) is 17.8 Å². The van der Waals surface area contributed by atoms with Crippen molar-refractivity contribution in [2.24, 2.45) is 0 Å². The Kier molecular flexibility index (Phi) is 5.07. The molecule has 0 spiro atoms. The number of anilines is 2. The summed E-state index contributed by atoms with van der Waals surface area (Å²) in [6, 6.07) is 11.1. The van der Waals surface area contributed by atoms with Crippen molar-refractivity contribution in [2.45, 2.75) is 4.90 Å². The Morgan fingerprint density at radius 2 is 1.65 bits per heavy atom. The minimum Gasteiger partial charge on any atom is -0.495 e. The number of carbonyl (C=O) groups is 1. The highest BCUT2D eigenvalue weighted by Crippen LogP contribution is 2.36. The number of rotatable bonds is 7. The van der Waals surface area contributed by atoms with Gasteiger partial charge in [-0.25, -0.2) is 8.42 Å². The highest BCUT2D eigenvalue weighted by Gasteiger charge is 2.23. The smallest absolute Gasteiger partial charge is 0.265 e. The van der Waals surface area contributed by atoms with Gasteiger partial charge >= 0.3 is 0 Å². The zero-order valence-corrected chi connectivity index (χ0v) is 13.4. The lowest BCUT2D eigenvalue weighted by molar-refractivity contribution is -0.105. The molecule has 23 heavy (non-hydrogen) atoms. The van der Waals surface area contributed by atoms with E-state index in [1.807, 2.05) is 0 Å². The van der Waals surface area contributed by atoms with Gasteiger partial charge < -0.3 is 14.8 Å². The number of amides is 1. The third kappa shape index (κ3) is 3.72. The topological polar surface area (TPSA) is 93.7 Å². The van der Waals surface area contributed by atoms with E-state index in [0.29, 0.717) is 17.8 Å². The van der Waals surface area contributed by atoms with E-state index in [0.717, 1.165) is 0 Å². The first-order valence-electron chi connectivity index (χ1n) is 6.56. The van der Waals surface area contributed by atoms with E-state index < -0.39 is 10.0 Å². The fourth-order valence-corrected chi connectivity index (χ4v) is 3.20. The Hall–Kier alpha value is -2.74. The molecule has 0 bridgehead atoms. The maximum atomic E-state index is 12.6. The Balaban J connectivity index is 2.50. The summed E-state index contributed by atoms with van der Waals surface area (Å²) >= 11 is 0. The van der Waals surface area contributed by atoms with E-state index in [1.165, 1.54) is 26.4 Å². The molecule has 2 N–H and O–H groups in total. The number of sulfonamides is 1. The van der Waals surface area contributed by atoms with Crippen molar-refractivity contribution < 1.29 is 22.7 Å². The molecule has 0 saturated heterocycles. The third-order valence-electron chi connectivity index (χ3n) is 3.02. The van der Waals surface area contributed by atoms with Gasteiger partial charge in [0.15, 0.2) is 0 Å². The van der Waals surface area contributed by atoms with Crippen LogP contribution in [0.25, 0.3) is 0 Å². The molecule has 0 saturated carbocycles. The highest BCUT2D eigenvalue weighted by atomic mass is 32.2. The maximum absolute atomic E-state index is 12.6. The molecular formula is C15H16N2O5S. The third-order valence-corrected chi connectivity index (χ3v) is 4.42. The number of ether oxygens (including phenoxy) is 2. The molecule has 0 aliphatic rings. The zero-order valence-electron chi connectivity index (χ0n) is 12.6. The summed E-state index contributed by atoms with van der Waals surface area (Å²) in [4.78, 5) is 10.5. The first kappa shape index (κ1) is 16.6. The van der Waals surface area contributed by atoms with Crippen LogP contribution in [0.4, 0.5) is 11.4 Å². The van der Waals surface area contributed by atoms with Crippen LogP contribution >= 0.6 is 0 Å². The predicted molar refractivity (Wildman–Crippen MR) is 86.5 cm³/mol. The van der Waals surface area contributed by atoms with Crippen LogP contribution in [0.1, 0.15) is 0 Å². The number of para-hydroxylation sites is 1. The van der Waals surface area contributed by atoms with Gasteiger partial charge in [-0.3, -0.25) is 9.52 Å². The summed E-state index contributed by atoms with van der Waals surface area (Å²) in [7, 11) is -1.18. The first-order valence-corrected chi connectivity index (χ1v) is 8.04. The van der Waals surface area contributed by atoms with Crippen LogP contribution in [0, 0.1) is 0 Å². The van der Waals surface area contributed by atoms with Gasteiger partial charge in [-0.1, -0.05) is 18.2 Å². The van der Waals surface area contributed by atoms with Gasteiger partial charge in [-0.05, 0) is 12.1 Å². The van der Waals surface area contributed by atoms with Crippen LogP contribution in [0.15, 0.2) is 47.4 Å². The van der Waals surface area contributed by atoms with Gasteiger partial charge in [0.1, 0.15) is 16.4 Å². The molecule has 2 aromatic rings. The summed E-state index contributed by atoms with van der Waals surface area (Å²) in [6.45, 7) is 0. The molecule has 1 amide bonds.